The standard InChI is InChI=1S/C48H92NO12P/c1-3-5-7-9-11-13-15-17-19-20-22-24-26-28-30-32-34-36-41(51)40(38-60-62(58,59)61-48-46(56)44(54)43(53)45(55)47(48)57)49-42(52)37-39(50)35-33-31-29-27-25-23-21-18-16-14-12-10-8-6-4-2/h18,21,34,36,39-41,43-48,50-51,53-57H,3-17,19-20,22-33,35,37-38H2,1-2H3,(H,49,52)(H,58,59)/b21-18-,36-34+. The normalized spacial score (nSPS) is 23.2. The molecule has 1 saturated carbocycles. The molecule has 13 nitrogen and oxygen atoms in total. The molecule has 9 N–H and O–H groups in total. The van der Waals surface area contributed by atoms with Gasteiger partial charge >= 0.3 is 7.82 Å². The van der Waals surface area contributed by atoms with Crippen molar-refractivity contribution in [3.63, 3.8) is 0 Å². The molecule has 1 amide bonds. The van der Waals surface area contributed by atoms with Gasteiger partial charge in [-0.25, -0.2) is 4.57 Å². The van der Waals surface area contributed by atoms with Crippen molar-refractivity contribution in [2.45, 2.75) is 268 Å². The van der Waals surface area contributed by atoms with Crippen LogP contribution in [0.3, 0.4) is 0 Å². The van der Waals surface area contributed by atoms with Crippen molar-refractivity contribution in [3.05, 3.63) is 24.3 Å². The fourth-order valence-electron chi connectivity index (χ4n) is 7.94. The minimum atomic E-state index is -5.14. The Labute approximate surface area is 375 Å². The molecule has 1 aliphatic rings. The van der Waals surface area contributed by atoms with Crippen LogP contribution in [0.2, 0.25) is 0 Å². The van der Waals surface area contributed by atoms with Crippen LogP contribution >= 0.6 is 7.82 Å². The Morgan fingerprint density at radius 1 is 0.565 bits per heavy atom. The molecule has 8 unspecified atom stereocenters. The van der Waals surface area contributed by atoms with E-state index in [-0.39, 0.29) is 6.42 Å². The highest BCUT2D eigenvalue weighted by Crippen LogP contribution is 2.47. The van der Waals surface area contributed by atoms with Crippen molar-refractivity contribution in [3.8, 4) is 0 Å². The average Bonchev–Trinajstić information content (AvgIpc) is 3.24. The molecule has 0 aliphatic heterocycles. The number of carbonyl (C=O) groups is 1. The summed E-state index contributed by atoms with van der Waals surface area (Å²) in [5.41, 5.74) is 0. The van der Waals surface area contributed by atoms with E-state index in [1.54, 1.807) is 6.08 Å². The van der Waals surface area contributed by atoms with Crippen LogP contribution < -0.4 is 5.32 Å². The quantitative estimate of drug-likeness (QED) is 0.0159. The van der Waals surface area contributed by atoms with E-state index in [1.165, 1.54) is 122 Å². The van der Waals surface area contributed by atoms with E-state index >= 15 is 0 Å². The zero-order valence-corrected chi connectivity index (χ0v) is 39.7. The number of unbranched alkanes of at least 4 members (excludes halogenated alkanes) is 26. The first-order valence-corrected chi connectivity index (χ1v) is 26.4. The van der Waals surface area contributed by atoms with Gasteiger partial charge in [0, 0.05) is 0 Å². The fourth-order valence-corrected chi connectivity index (χ4v) is 8.91. The van der Waals surface area contributed by atoms with Crippen molar-refractivity contribution in [1.29, 1.82) is 0 Å². The number of phosphoric ester groups is 1. The maximum absolute atomic E-state index is 13.0. The Balaban J connectivity index is 2.53. The molecule has 0 radical (unpaired) electrons. The first-order chi connectivity index (χ1) is 29.8. The van der Waals surface area contributed by atoms with Gasteiger partial charge in [-0.1, -0.05) is 186 Å². The summed E-state index contributed by atoms with van der Waals surface area (Å²) in [6, 6.07) is -1.24. The maximum Gasteiger partial charge on any atom is 0.472 e. The van der Waals surface area contributed by atoms with Crippen LogP contribution in [0.1, 0.15) is 213 Å². The third-order valence-electron chi connectivity index (χ3n) is 12.0. The molecular weight excluding hydrogens is 813 g/mol. The van der Waals surface area contributed by atoms with Crippen LogP contribution in [0.4, 0.5) is 0 Å². The summed E-state index contributed by atoms with van der Waals surface area (Å²) in [5.74, 6) is -0.597. The largest absolute Gasteiger partial charge is 0.472 e. The van der Waals surface area contributed by atoms with Gasteiger partial charge in [0.25, 0.3) is 0 Å². The predicted molar refractivity (Wildman–Crippen MR) is 247 cm³/mol. The number of aliphatic hydroxyl groups is 7. The Bertz CT molecular complexity index is 1160. The van der Waals surface area contributed by atoms with Gasteiger partial charge < -0.3 is 46.0 Å². The van der Waals surface area contributed by atoms with Crippen LogP contribution in [0.15, 0.2) is 24.3 Å². The Kier molecular flexibility index (Phi) is 36.0. The van der Waals surface area contributed by atoms with Gasteiger partial charge in [0.15, 0.2) is 0 Å². The highest BCUT2D eigenvalue weighted by Gasteiger charge is 2.51. The van der Waals surface area contributed by atoms with Crippen LogP contribution in [0.25, 0.3) is 0 Å². The van der Waals surface area contributed by atoms with E-state index in [0.717, 1.165) is 64.2 Å². The maximum atomic E-state index is 13.0. The van der Waals surface area contributed by atoms with Crippen LogP contribution in [0.5, 0.6) is 0 Å². The second kappa shape index (κ2) is 37.9. The van der Waals surface area contributed by atoms with Gasteiger partial charge in [-0.3, -0.25) is 13.8 Å². The molecule has 366 valence electrons. The van der Waals surface area contributed by atoms with Crippen LogP contribution in [0, 0.1) is 0 Å². The van der Waals surface area contributed by atoms with Crippen molar-refractivity contribution >= 4 is 13.7 Å². The summed E-state index contributed by atoms with van der Waals surface area (Å²) in [6.07, 6.45) is 28.3. The molecule has 1 aliphatic carbocycles. The number of hydrogen-bond donors (Lipinski definition) is 9. The Morgan fingerprint density at radius 2 is 0.935 bits per heavy atom. The first-order valence-electron chi connectivity index (χ1n) is 24.9. The lowest BCUT2D eigenvalue weighted by Crippen LogP contribution is -2.64. The molecule has 0 spiro atoms. The minimum absolute atomic E-state index is 0.249. The van der Waals surface area contributed by atoms with Gasteiger partial charge in [-0.15, -0.1) is 0 Å². The number of amides is 1. The third-order valence-corrected chi connectivity index (χ3v) is 13.0. The van der Waals surface area contributed by atoms with Crippen molar-refractivity contribution in [2.24, 2.45) is 0 Å². The lowest BCUT2D eigenvalue weighted by molar-refractivity contribution is -0.220. The topological polar surface area (TPSA) is 226 Å². The number of nitrogens with one attached hydrogen (secondary N) is 1. The highest BCUT2D eigenvalue weighted by molar-refractivity contribution is 7.47. The van der Waals surface area contributed by atoms with Gasteiger partial charge in [-0.05, 0) is 44.9 Å². The molecule has 0 aromatic carbocycles. The van der Waals surface area contributed by atoms with Crippen molar-refractivity contribution < 1.29 is 59.0 Å². The van der Waals surface area contributed by atoms with Crippen LogP contribution in [-0.2, 0) is 18.4 Å². The van der Waals surface area contributed by atoms with Crippen LogP contribution in [-0.4, -0.2) is 108 Å². The molecule has 0 aromatic heterocycles. The summed E-state index contributed by atoms with van der Waals surface area (Å²) in [4.78, 5) is 23.5. The second-order valence-electron chi connectivity index (χ2n) is 17.8. The predicted octanol–water partition coefficient (Wildman–Crippen LogP) is 8.76. The molecule has 62 heavy (non-hydrogen) atoms. The lowest BCUT2D eigenvalue weighted by Gasteiger charge is -2.41. The fraction of sp³-hybridized carbons (Fsp3) is 0.896. The number of aliphatic hydroxyl groups excluding tert-OH is 7. The van der Waals surface area contributed by atoms with E-state index in [0.29, 0.717) is 12.8 Å². The van der Waals surface area contributed by atoms with E-state index < -0.39 is 75.2 Å². The molecule has 8 atom stereocenters. The summed E-state index contributed by atoms with van der Waals surface area (Å²) in [5, 5.41) is 74.6. The number of carbonyl (C=O) groups excluding carboxylic acids is 1. The molecular formula is C48H92NO12P. The third kappa shape index (κ3) is 29.3. The summed E-state index contributed by atoms with van der Waals surface area (Å²) in [7, 11) is -5.14. The molecule has 0 saturated heterocycles. The Morgan fingerprint density at radius 3 is 1.37 bits per heavy atom. The zero-order valence-electron chi connectivity index (χ0n) is 38.8. The Hall–Kier alpha value is -1.22. The summed E-state index contributed by atoms with van der Waals surface area (Å²) in [6.45, 7) is 3.74. The first kappa shape index (κ1) is 58.8. The monoisotopic (exact) mass is 906 g/mol. The number of allylic oxidation sites excluding steroid dienone is 3. The average molecular weight is 906 g/mol. The molecule has 0 bridgehead atoms. The number of rotatable bonds is 41. The molecule has 1 rings (SSSR count). The van der Waals surface area contributed by atoms with Crippen molar-refractivity contribution in [1.82, 2.24) is 5.32 Å². The summed E-state index contributed by atoms with van der Waals surface area (Å²) >= 11 is 0. The van der Waals surface area contributed by atoms with Gasteiger partial charge in [-0.2, -0.15) is 0 Å². The molecule has 14 heteroatoms. The van der Waals surface area contributed by atoms with E-state index in [4.69, 9.17) is 9.05 Å². The molecule has 0 heterocycles. The minimum Gasteiger partial charge on any atom is -0.393 e. The smallest absolute Gasteiger partial charge is 0.393 e. The van der Waals surface area contributed by atoms with Crippen molar-refractivity contribution in [2.75, 3.05) is 6.61 Å². The molecule has 1 fully saturated rings. The van der Waals surface area contributed by atoms with Gasteiger partial charge in [0.2, 0.25) is 5.91 Å². The lowest BCUT2D eigenvalue weighted by atomic mass is 9.85. The molecule has 0 aromatic rings. The SMILES string of the molecule is CCCCCCCC/C=C\CCCCCCCC(O)CC(=O)NC(COP(=O)(O)OC1C(O)C(O)C(O)C(O)C1O)C(O)/C=C/CCCCCCCCCCCCCCCCC. The highest BCUT2D eigenvalue weighted by atomic mass is 31.2. The number of phosphoric acid groups is 1. The second-order valence-corrected chi connectivity index (χ2v) is 19.3. The summed E-state index contributed by atoms with van der Waals surface area (Å²) < 4.78 is 22.9. The van der Waals surface area contributed by atoms with Gasteiger partial charge in [0.1, 0.15) is 36.6 Å². The van der Waals surface area contributed by atoms with Gasteiger partial charge in [0.05, 0.1) is 31.3 Å². The van der Waals surface area contributed by atoms with E-state index in [9.17, 15) is 50.0 Å². The zero-order chi connectivity index (χ0) is 45.9. The number of hydrogen-bond acceptors (Lipinski definition) is 11. The van der Waals surface area contributed by atoms with E-state index in [1.807, 2.05) is 0 Å². The van der Waals surface area contributed by atoms with E-state index in [2.05, 4.69) is 31.3 Å².